The first-order chi connectivity index (χ1) is 14.9. The number of benzene rings is 2. The van der Waals surface area contributed by atoms with Gasteiger partial charge in [0, 0.05) is 37.1 Å². The predicted molar refractivity (Wildman–Crippen MR) is 119 cm³/mol. The molecule has 1 aliphatic rings. The van der Waals surface area contributed by atoms with E-state index in [4.69, 9.17) is 4.74 Å². The fraction of sp³-hybridized carbons (Fsp3) is 0.348. The van der Waals surface area contributed by atoms with Gasteiger partial charge >= 0.3 is 0 Å². The molecular weight excluding hydrogens is 396 g/mol. The van der Waals surface area contributed by atoms with Gasteiger partial charge in [-0.15, -0.1) is 0 Å². The molecule has 2 aromatic carbocycles. The Balaban J connectivity index is 1.47. The second-order valence-electron chi connectivity index (χ2n) is 7.45. The topological polar surface area (TPSA) is 91.0 Å². The molecule has 1 atom stereocenters. The van der Waals surface area contributed by atoms with Gasteiger partial charge in [0.2, 0.25) is 11.8 Å². The summed E-state index contributed by atoms with van der Waals surface area (Å²) in [5, 5.41) is 5.46. The molecule has 0 aromatic heterocycles. The molecule has 8 heteroatoms. The zero-order valence-corrected chi connectivity index (χ0v) is 17.8. The van der Waals surface area contributed by atoms with E-state index >= 15 is 0 Å². The monoisotopic (exact) mass is 424 g/mol. The maximum absolute atomic E-state index is 12.5. The number of nitrogens with one attached hydrogen (secondary N) is 2. The van der Waals surface area contributed by atoms with Gasteiger partial charge in [-0.2, -0.15) is 0 Å². The Labute approximate surface area is 182 Å². The number of morpholine rings is 1. The molecule has 1 fully saturated rings. The molecule has 1 saturated heterocycles. The number of nitrogens with zero attached hydrogens (tertiary/aromatic N) is 2. The number of ether oxygens (including phenoxy) is 1. The van der Waals surface area contributed by atoms with E-state index in [1.54, 1.807) is 31.2 Å². The molecule has 3 rings (SSSR count). The minimum atomic E-state index is -0.752. The van der Waals surface area contributed by atoms with Crippen LogP contribution >= 0.6 is 0 Å². The first-order valence-corrected chi connectivity index (χ1v) is 10.3. The lowest BCUT2D eigenvalue weighted by Crippen LogP contribution is -2.47. The van der Waals surface area contributed by atoms with Crippen molar-refractivity contribution in [2.24, 2.45) is 0 Å². The molecular formula is C23H28N4O4. The van der Waals surface area contributed by atoms with Crippen molar-refractivity contribution in [1.29, 1.82) is 0 Å². The summed E-state index contributed by atoms with van der Waals surface area (Å²) < 4.78 is 5.36. The predicted octanol–water partition coefficient (Wildman–Crippen LogP) is 1.74. The maximum atomic E-state index is 12.5. The number of anilines is 2. The Kier molecular flexibility index (Phi) is 7.61. The van der Waals surface area contributed by atoms with Gasteiger partial charge in [-0.05, 0) is 43.3 Å². The first-order valence-electron chi connectivity index (χ1n) is 10.3. The summed E-state index contributed by atoms with van der Waals surface area (Å²) in [7, 11) is 1.54. The third-order valence-corrected chi connectivity index (χ3v) is 5.04. The van der Waals surface area contributed by atoms with E-state index < -0.39 is 6.04 Å². The molecule has 0 bridgehead atoms. The molecule has 1 aliphatic heterocycles. The summed E-state index contributed by atoms with van der Waals surface area (Å²) in [4.78, 5) is 40.6. The highest BCUT2D eigenvalue weighted by Gasteiger charge is 2.21. The lowest BCUT2D eigenvalue weighted by molar-refractivity contribution is -0.134. The van der Waals surface area contributed by atoms with Gasteiger partial charge in [0.25, 0.3) is 5.91 Å². The number of carbonyl (C=O) groups excluding carboxylic acids is 3. The molecule has 0 saturated carbocycles. The number of hydrogen-bond acceptors (Lipinski definition) is 5. The van der Waals surface area contributed by atoms with Crippen LogP contribution < -0.4 is 15.5 Å². The van der Waals surface area contributed by atoms with Crippen LogP contribution in [0.4, 0.5) is 11.4 Å². The zero-order chi connectivity index (χ0) is 22.2. The number of hydrogen-bond donors (Lipinski definition) is 2. The summed E-state index contributed by atoms with van der Waals surface area (Å²) in [5.41, 5.74) is 2.22. The van der Waals surface area contributed by atoms with Crippen molar-refractivity contribution in [3.05, 3.63) is 60.2 Å². The van der Waals surface area contributed by atoms with Crippen LogP contribution in [0, 0.1) is 0 Å². The highest BCUT2D eigenvalue weighted by atomic mass is 16.5. The average molecular weight is 425 g/mol. The highest BCUT2D eigenvalue weighted by Crippen LogP contribution is 2.19. The Morgan fingerprint density at radius 3 is 2.32 bits per heavy atom. The van der Waals surface area contributed by atoms with Crippen LogP contribution in [-0.2, 0) is 14.3 Å². The van der Waals surface area contributed by atoms with Crippen molar-refractivity contribution < 1.29 is 19.1 Å². The largest absolute Gasteiger partial charge is 0.378 e. The maximum Gasteiger partial charge on any atom is 0.251 e. The van der Waals surface area contributed by atoms with E-state index in [-0.39, 0.29) is 24.3 Å². The quantitative estimate of drug-likeness (QED) is 0.707. The first kappa shape index (κ1) is 22.3. The van der Waals surface area contributed by atoms with Gasteiger partial charge in [0.15, 0.2) is 0 Å². The van der Waals surface area contributed by atoms with Crippen molar-refractivity contribution in [2.45, 2.75) is 13.0 Å². The third kappa shape index (κ3) is 6.29. The van der Waals surface area contributed by atoms with E-state index in [9.17, 15) is 14.4 Å². The minimum absolute atomic E-state index is 0.115. The number of carbonyl (C=O) groups is 3. The molecule has 2 N–H and O–H groups in total. The van der Waals surface area contributed by atoms with E-state index in [0.29, 0.717) is 24.5 Å². The van der Waals surface area contributed by atoms with E-state index in [1.807, 2.05) is 30.3 Å². The van der Waals surface area contributed by atoms with Gasteiger partial charge in [0.05, 0.1) is 19.8 Å². The number of rotatable bonds is 7. The van der Waals surface area contributed by atoms with Crippen LogP contribution in [0.5, 0.6) is 0 Å². The average Bonchev–Trinajstić information content (AvgIpc) is 2.80. The normalized spacial score (nSPS) is 14.5. The fourth-order valence-corrected chi connectivity index (χ4v) is 3.33. The zero-order valence-electron chi connectivity index (χ0n) is 17.8. The Morgan fingerprint density at radius 2 is 1.68 bits per heavy atom. The van der Waals surface area contributed by atoms with Gasteiger partial charge in [-0.25, -0.2) is 0 Å². The van der Waals surface area contributed by atoms with Crippen molar-refractivity contribution in [3.8, 4) is 0 Å². The van der Waals surface area contributed by atoms with E-state index in [2.05, 4.69) is 15.5 Å². The summed E-state index contributed by atoms with van der Waals surface area (Å²) in [5.74, 6) is -0.988. The Bertz CT molecular complexity index is 896. The summed E-state index contributed by atoms with van der Waals surface area (Å²) in [6.07, 6.45) is 0. The lowest BCUT2D eigenvalue weighted by atomic mass is 10.2. The summed E-state index contributed by atoms with van der Waals surface area (Å²) in [6.45, 7) is 4.60. The molecule has 1 heterocycles. The standard InChI is InChI=1S/C23H28N4O4/c1-17(24-22(29)18-6-4-3-5-7-18)23(30)26(2)16-21(28)25-19-8-10-20(11-9-19)27-12-14-31-15-13-27/h3-11,17H,12-16H2,1-2H3,(H,24,29)(H,25,28)/t17-/m0/s1. The molecule has 3 amide bonds. The smallest absolute Gasteiger partial charge is 0.251 e. The lowest BCUT2D eigenvalue weighted by Gasteiger charge is -2.29. The second-order valence-corrected chi connectivity index (χ2v) is 7.45. The Morgan fingerprint density at radius 1 is 1.03 bits per heavy atom. The van der Waals surface area contributed by atoms with Crippen LogP contribution in [0.1, 0.15) is 17.3 Å². The van der Waals surface area contributed by atoms with Gasteiger partial charge in [0.1, 0.15) is 6.04 Å². The highest BCUT2D eigenvalue weighted by molar-refractivity contribution is 5.99. The van der Waals surface area contributed by atoms with Crippen LogP contribution in [-0.4, -0.2) is 68.6 Å². The van der Waals surface area contributed by atoms with Crippen molar-refractivity contribution in [2.75, 3.05) is 50.1 Å². The molecule has 0 aliphatic carbocycles. The fourth-order valence-electron chi connectivity index (χ4n) is 3.33. The van der Waals surface area contributed by atoms with Crippen LogP contribution in [0.2, 0.25) is 0 Å². The number of likely N-dealkylation sites (N-methyl/N-ethyl adjacent to an activating group) is 1. The molecule has 2 aromatic rings. The van der Waals surface area contributed by atoms with E-state index in [0.717, 1.165) is 18.8 Å². The third-order valence-electron chi connectivity index (χ3n) is 5.04. The van der Waals surface area contributed by atoms with Crippen molar-refractivity contribution in [1.82, 2.24) is 10.2 Å². The SMILES string of the molecule is C[C@H](NC(=O)c1ccccc1)C(=O)N(C)CC(=O)Nc1ccc(N2CCOCC2)cc1. The minimum Gasteiger partial charge on any atom is -0.378 e. The van der Waals surface area contributed by atoms with Crippen molar-refractivity contribution >= 4 is 29.1 Å². The second kappa shape index (κ2) is 10.6. The van der Waals surface area contributed by atoms with Crippen LogP contribution in [0.25, 0.3) is 0 Å². The molecule has 164 valence electrons. The van der Waals surface area contributed by atoms with E-state index in [1.165, 1.54) is 11.9 Å². The molecule has 0 spiro atoms. The molecule has 8 nitrogen and oxygen atoms in total. The van der Waals surface area contributed by atoms with Gasteiger partial charge in [-0.3, -0.25) is 14.4 Å². The van der Waals surface area contributed by atoms with Gasteiger partial charge < -0.3 is 25.2 Å². The van der Waals surface area contributed by atoms with Crippen molar-refractivity contribution in [3.63, 3.8) is 0 Å². The summed E-state index contributed by atoms with van der Waals surface area (Å²) >= 11 is 0. The number of amides is 3. The van der Waals surface area contributed by atoms with Gasteiger partial charge in [-0.1, -0.05) is 18.2 Å². The van der Waals surface area contributed by atoms with Crippen LogP contribution in [0.3, 0.4) is 0 Å². The van der Waals surface area contributed by atoms with Crippen LogP contribution in [0.15, 0.2) is 54.6 Å². The Hall–Kier alpha value is -3.39. The molecule has 31 heavy (non-hydrogen) atoms. The molecule has 0 radical (unpaired) electrons. The summed E-state index contributed by atoms with van der Waals surface area (Å²) in [6, 6.07) is 15.5. The molecule has 0 unspecified atom stereocenters.